The van der Waals surface area contributed by atoms with E-state index in [1.165, 1.54) is 11.1 Å². The molecule has 0 saturated carbocycles. The largest absolute Gasteiger partial charge is 0.497 e. The predicted octanol–water partition coefficient (Wildman–Crippen LogP) is 1.29. The fraction of sp³-hybridized carbons (Fsp3) is 0.600. The fourth-order valence-corrected chi connectivity index (χ4v) is 2.47. The predicted molar refractivity (Wildman–Crippen MR) is 76.7 cm³/mol. The molecule has 106 valence electrons. The number of piperazine rings is 1. The van der Waals surface area contributed by atoms with Crippen LogP contribution in [-0.2, 0) is 17.8 Å². The van der Waals surface area contributed by atoms with E-state index in [9.17, 15) is 0 Å². The van der Waals surface area contributed by atoms with Gasteiger partial charge in [-0.15, -0.1) is 0 Å². The summed E-state index contributed by atoms with van der Waals surface area (Å²) in [6, 6.07) is 6.24. The van der Waals surface area contributed by atoms with E-state index < -0.39 is 0 Å². The number of nitrogens with one attached hydrogen (secondary N) is 1. The van der Waals surface area contributed by atoms with Gasteiger partial charge in [0.2, 0.25) is 0 Å². The molecule has 0 aromatic heterocycles. The molecule has 1 saturated heterocycles. The molecule has 0 amide bonds. The van der Waals surface area contributed by atoms with Crippen LogP contribution in [0.5, 0.6) is 5.75 Å². The molecule has 0 atom stereocenters. The molecule has 0 unspecified atom stereocenters. The first-order valence-electron chi connectivity index (χ1n) is 6.91. The Kier molecular flexibility index (Phi) is 5.63. The minimum atomic E-state index is 0.668. The third-order valence-electron chi connectivity index (χ3n) is 3.62. The number of rotatable bonds is 6. The van der Waals surface area contributed by atoms with Crippen molar-refractivity contribution in [1.82, 2.24) is 10.2 Å². The van der Waals surface area contributed by atoms with Gasteiger partial charge in [0.1, 0.15) is 5.75 Å². The molecule has 1 N–H and O–H groups in total. The van der Waals surface area contributed by atoms with Crippen LogP contribution >= 0.6 is 0 Å². The number of benzene rings is 1. The van der Waals surface area contributed by atoms with Gasteiger partial charge in [0.05, 0.1) is 13.7 Å². The maximum atomic E-state index is 5.32. The Balaban J connectivity index is 1.99. The summed E-state index contributed by atoms with van der Waals surface area (Å²) in [6.07, 6.45) is 1.05. The summed E-state index contributed by atoms with van der Waals surface area (Å²) in [6.45, 7) is 6.26. The minimum Gasteiger partial charge on any atom is -0.497 e. The average Bonchev–Trinajstić information content (AvgIpc) is 2.47. The monoisotopic (exact) mass is 264 g/mol. The maximum absolute atomic E-state index is 5.32. The van der Waals surface area contributed by atoms with E-state index in [4.69, 9.17) is 9.47 Å². The van der Waals surface area contributed by atoms with Gasteiger partial charge in [-0.25, -0.2) is 0 Å². The SMILES string of the molecule is COCc1ccc(OC)cc1CCN1CCNCC1. The Bertz CT molecular complexity index is 390. The number of hydrogen-bond acceptors (Lipinski definition) is 4. The molecule has 1 aromatic rings. The average molecular weight is 264 g/mol. The second-order valence-electron chi connectivity index (χ2n) is 4.91. The molecule has 0 radical (unpaired) electrons. The first kappa shape index (κ1) is 14.3. The molecule has 1 aliphatic heterocycles. The molecule has 0 bridgehead atoms. The molecule has 19 heavy (non-hydrogen) atoms. The lowest BCUT2D eigenvalue weighted by Crippen LogP contribution is -2.44. The van der Waals surface area contributed by atoms with Crippen molar-refractivity contribution >= 4 is 0 Å². The van der Waals surface area contributed by atoms with Gasteiger partial charge in [-0.2, -0.15) is 0 Å². The Hall–Kier alpha value is -1.10. The summed E-state index contributed by atoms with van der Waals surface area (Å²) < 4.78 is 10.6. The zero-order valence-electron chi connectivity index (χ0n) is 11.9. The molecule has 0 aliphatic carbocycles. The van der Waals surface area contributed by atoms with Gasteiger partial charge < -0.3 is 19.7 Å². The molecular formula is C15H24N2O2. The van der Waals surface area contributed by atoms with Crippen LogP contribution in [0.2, 0.25) is 0 Å². The molecule has 1 fully saturated rings. The molecule has 4 nitrogen and oxygen atoms in total. The smallest absolute Gasteiger partial charge is 0.119 e. The topological polar surface area (TPSA) is 33.7 Å². The van der Waals surface area contributed by atoms with Crippen LogP contribution in [0.3, 0.4) is 0 Å². The Morgan fingerprint density at radius 2 is 1.95 bits per heavy atom. The van der Waals surface area contributed by atoms with Crippen molar-refractivity contribution in [2.24, 2.45) is 0 Å². The second-order valence-corrected chi connectivity index (χ2v) is 4.91. The van der Waals surface area contributed by atoms with E-state index in [1.54, 1.807) is 14.2 Å². The highest BCUT2D eigenvalue weighted by Gasteiger charge is 2.11. The highest BCUT2D eigenvalue weighted by atomic mass is 16.5. The van der Waals surface area contributed by atoms with Gasteiger partial charge in [0, 0.05) is 39.8 Å². The van der Waals surface area contributed by atoms with Crippen LogP contribution in [0, 0.1) is 0 Å². The maximum Gasteiger partial charge on any atom is 0.119 e. The van der Waals surface area contributed by atoms with Gasteiger partial charge in [0.15, 0.2) is 0 Å². The number of nitrogens with zero attached hydrogens (tertiary/aromatic N) is 1. The quantitative estimate of drug-likeness (QED) is 0.839. The third kappa shape index (κ3) is 4.20. The zero-order valence-corrected chi connectivity index (χ0v) is 11.9. The Labute approximate surface area is 115 Å². The van der Waals surface area contributed by atoms with Crippen molar-refractivity contribution in [3.8, 4) is 5.75 Å². The summed E-state index contributed by atoms with van der Waals surface area (Å²) in [5.41, 5.74) is 2.60. The van der Waals surface area contributed by atoms with Crippen LogP contribution in [0.4, 0.5) is 0 Å². The molecule has 1 aliphatic rings. The van der Waals surface area contributed by atoms with Crippen molar-refractivity contribution in [1.29, 1.82) is 0 Å². The Morgan fingerprint density at radius 1 is 1.16 bits per heavy atom. The highest BCUT2D eigenvalue weighted by molar-refractivity contribution is 5.35. The lowest BCUT2D eigenvalue weighted by atomic mass is 10.0. The summed E-state index contributed by atoms with van der Waals surface area (Å²) in [5.74, 6) is 0.926. The van der Waals surface area contributed by atoms with E-state index in [1.807, 2.05) is 6.07 Å². The van der Waals surface area contributed by atoms with Crippen molar-refractivity contribution in [3.63, 3.8) is 0 Å². The number of ether oxygens (including phenoxy) is 2. The normalized spacial score (nSPS) is 16.5. The molecular weight excluding hydrogens is 240 g/mol. The van der Waals surface area contributed by atoms with Crippen LogP contribution < -0.4 is 10.1 Å². The van der Waals surface area contributed by atoms with E-state index >= 15 is 0 Å². The van der Waals surface area contributed by atoms with Crippen LogP contribution in [0.15, 0.2) is 18.2 Å². The van der Waals surface area contributed by atoms with Crippen LogP contribution in [0.1, 0.15) is 11.1 Å². The number of methoxy groups -OCH3 is 2. The van der Waals surface area contributed by atoms with Crippen molar-refractivity contribution in [2.75, 3.05) is 46.9 Å². The molecule has 2 rings (SSSR count). The molecule has 1 heterocycles. The van der Waals surface area contributed by atoms with E-state index in [-0.39, 0.29) is 0 Å². The van der Waals surface area contributed by atoms with Gasteiger partial charge >= 0.3 is 0 Å². The first-order chi connectivity index (χ1) is 9.33. The first-order valence-corrected chi connectivity index (χ1v) is 6.91. The van der Waals surface area contributed by atoms with Crippen molar-refractivity contribution < 1.29 is 9.47 Å². The summed E-state index contributed by atoms with van der Waals surface area (Å²) in [7, 11) is 3.45. The van der Waals surface area contributed by atoms with Gasteiger partial charge in [0.25, 0.3) is 0 Å². The third-order valence-corrected chi connectivity index (χ3v) is 3.62. The van der Waals surface area contributed by atoms with Gasteiger partial charge in [-0.3, -0.25) is 0 Å². The Morgan fingerprint density at radius 3 is 2.63 bits per heavy atom. The van der Waals surface area contributed by atoms with Crippen LogP contribution in [0.25, 0.3) is 0 Å². The zero-order chi connectivity index (χ0) is 13.5. The number of hydrogen-bond donors (Lipinski definition) is 1. The molecule has 1 aromatic carbocycles. The minimum absolute atomic E-state index is 0.668. The van der Waals surface area contributed by atoms with Gasteiger partial charge in [-0.05, 0) is 29.7 Å². The van der Waals surface area contributed by atoms with E-state index in [0.29, 0.717) is 6.61 Å². The fourth-order valence-electron chi connectivity index (χ4n) is 2.47. The van der Waals surface area contributed by atoms with E-state index in [2.05, 4.69) is 22.3 Å². The van der Waals surface area contributed by atoms with Crippen molar-refractivity contribution in [2.45, 2.75) is 13.0 Å². The van der Waals surface area contributed by atoms with E-state index in [0.717, 1.165) is 44.9 Å². The standard InChI is InChI=1S/C15H24N2O2/c1-18-12-14-3-4-15(19-2)11-13(14)5-8-17-9-6-16-7-10-17/h3-4,11,16H,5-10,12H2,1-2H3. The summed E-state index contributed by atoms with van der Waals surface area (Å²) >= 11 is 0. The molecule has 0 spiro atoms. The van der Waals surface area contributed by atoms with Crippen molar-refractivity contribution in [3.05, 3.63) is 29.3 Å². The summed E-state index contributed by atoms with van der Waals surface area (Å²) in [4.78, 5) is 2.51. The lowest BCUT2D eigenvalue weighted by Gasteiger charge is -2.27. The summed E-state index contributed by atoms with van der Waals surface area (Å²) in [5, 5.41) is 3.38. The second kappa shape index (κ2) is 7.48. The lowest BCUT2D eigenvalue weighted by molar-refractivity contribution is 0.183. The van der Waals surface area contributed by atoms with Crippen LogP contribution in [-0.4, -0.2) is 51.8 Å². The highest BCUT2D eigenvalue weighted by Crippen LogP contribution is 2.19. The molecule has 4 heteroatoms. The van der Waals surface area contributed by atoms with Gasteiger partial charge in [-0.1, -0.05) is 6.07 Å².